The van der Waals surface area contributed by atoms with E-state index in [1.54, 1.807) is 12.1 Å². The Morgan fingerprint density at radius 3 is 2.23 bits per heavy atom. The average Bonchev–Trinajstić information content (AvgIpc) is 2.84. The standard InChI is InChI=1S/C28H29ClF2N2O2/c1-19(2)17-32-28(35)26(15-20-7-4-3-5-8-20)33(18-21-11-13-22(30)14-12-21)27(34)16-23-24(29)9-6-10-25(23)31/h3-14,19,26H,15-18H2,1-2H3,(H,32,35)/t26-/m0/s1. The molecule has 0 bridgehead atoms. The molecule has 0 saturated carbocycles. The summed E-state index contributed by atoms with van der Waals surface area (Å²) in [6.07, 6.45) is -0.0435. The molecule has 2 amide bonds. The fraction of sp³-hybridized carbons (Fsp3) is 0.286. The smallest absolute Gasteiger partial charge is 0.243 e. The summed E-state index contributed by atoms with van der Waals surface area (Å²) in [6.45, 7) is 4.46. The van der Waals surface area contributed by atoms with Crippen molar-refractivity contribution in [2.45, 2.75) is 39.3 Å². The molecule has 3 aromatic carbocycles. The van der Waals surface area contributed by atoms with E-state index in [-0.39, 0.29) is 41.8 Å². The number of carbonyl (C=O) groups is 2. The predicted molar refractivity (Wildman–Crippen MR) is 134 cm³/mol. The predicted octanol–water partition coefficient (Wildman–Crippen LogP) is 5.57. The Morgan fingerprint density at radius 1 is 0.914 bits per heavy atom. The van der Waals surface area contributed by atoms with E-state index < -0.39 is 23.6 Å². The second-order valence-corrected chi connectivity index (χ2v) is 9.28. The van der Waals surface area contributed by atoms with Gasteiger partial charge in [0.15, 0.2) is 0 Å². The van der Waals surface area contributed by atoms with Gasteiger partial charge in [-0.25, -0.2) is 8.78 Å². The summed E-state index contributed by atoms with van der Waals surface area (Å²) in [5.41, 5.74) is 1.59. The van der Waals surface area contributed by atoms with Gasteiger partial charge < -0.3 is 10.2 Å². The highest BCUT2D eigenvalue weighted by atomic mass is 35.5. The molecule has 0 unspecified atom stereocenters. The molecule has 35 heavy (non-hydrogen) atoms. The van der Waals surface area contributed by atoms with Crippen molar-refractivity contribution in [2.24, 2.45) is 5.92 Å². The topological polar surface area (TPSA) is 49.4 Å². The highest BCUT2D eigenvalue weighted by Crippen LogP contribution is 2.22. The molecule has 0 saturated heterocycles. The molecule has 0 heterocycles. The van der Waals surface area contributed by atoms with Crippen molar-refractivity contribution in [1.82, 2.24) is 10.2 Å². The molecule has 7 heteroatoms. The number of amides is 2. The van der Waals surface area contributed by atoms with Gasteiger partial charge in [0, 0.05) is 30.1 Å². The Kier molecular flexibility index (Phi) is 9.38. The van der Waals surface area contributed by atoms with Crippen molar-refractivity contribution in [2.75, 3.05) is 6.54 Å². The van der Waals surface area contributed by atoms with Crippen LogP contribution in [-0.2, 0) is 29.0 Å². The van der Waals surface area contributed by atoms with Crippen molar-refractivity contribution in [1.29, 1.82) is 0 Å². The molecule has 0 aromatic heterocycles. The Bertz CT molecular complexity index is 1120. The number of hydrogen-bond acceptors (Lipinski definition) is 2. The Balaban J connectivity index is 1.98. The van der Waals surface area contributed by atoms with Gasteiger partial charge in [-0.1, -0.05) is 74.0 Å². The van der Waals surface area contributed by atoms with Crippen LogP contribution in [0.3, 0.4) is 0 Å². The van der Waals surface area contributed by atoms with Gasteiger partial charge in [-0.15, -0.1) is 0 Å². The Labute approximate surface area is 209 Å². The van der Waals surface area contributed by atoms with Crippen LogP contribution >= 0.6 is 11.6 Å². The summed E-state index contributed by atoms with van der Waals surface area (Å²) in [5, 5.41) is 3.07. The largest absolute Gasteiger partial charge is 0.354 e. The van der Waals surface area contributed by atoms with E-state index >= 15 is 0 Å². The minimum atomic E-state index is -0.862. The minimum absolute atomic E-state index is 0.0534. The lowest BCUT2D eigenvalue weighted by Gasteiger charge is -2.32. The van der Waals surface area contributed by atoms with Crippen LogP contribution in [0.2, 0.25) is 5.02 Å². The molecule has 0 radical (unpaired) electrons. The molecular weight excluding hydrogens is 470 g/mol. The van der Waals surface area contributed by atoms with Gasteiger partial charge in [-0.05, 0) is 41.3 Å². The first-order chi connectivity index (χ1) is 16.7. The van der Waals surface area contributed by atoms with Crippen LogP contribution < -0.4 is 5.32 Å². The molecule has 0 aliphatic heterocycles. The van der Waals surface area contributed by atoms with Gasteiger partial charge in [0.1, 0.15) is 17.7 Å². The molecular formula is C28H29ClF2N2O2. The first kappa shape index (κ1) is 26.4. The maximum atomic E-state index is 14.5. The van der Waals surface area contributed by atoms with E-state index in [0.717, 1.165) is 5.56 Å². The number of carbonyl (C=O) groups excluding carboxylic acids is 2. The summed E-state index contributed by atoms with van der Waals surface area (Å²) in [4.78, 5) is 28.4. The zero-order valence-corrected chi connectivity index (χ0v) is 20.6. The molecule has 184 valence electrons. The summed E-state index contributed by atoms with van der Waals surface area (Å²) >= 11 is 6.18. The normalized spacial score (nSPS) is 11.8. The third kappa shape index (κ3) is 7.62. The lowest BCUT2D eigenvalue weighted by molar-refractivity contribution is -0.140. The molecule has 1 atom stereocenters. The van der Waals surface area contributed by atoms with E-state index in [4.69, 9.17) is 11.6 Å². The minimum Gasteiger partial charge on any atom is -0.354 e. The lowest BCUT2D eigenvalue weighted by atomic mass is 10.0. The van der Waals surface area contributed by atoms with Crippen LogP contribution in [-0.4, -0.2) is 29.3 Å². The molecule has 0 fully saturated rings. The fourth-order valence-electron chi connectivity index (χ4n) is 3.72. The molecule has 4 nitrogen and oxygen atoms in total. The molecule has 3 rings (SSSR count). The van der Waals surface area contributed by atoms with Crippen LogP contribution in [0.25, 0.3) is 0 Å². The van der Waals surface area contributed by atoms with Gasteiger partial charge >= 0.3 is 0 Å². The van der Waals surface area contributed by atoms with Crippen molar-refractivity contribution in [3.05, 3.63) is 106 Å². The van der Waals surface area contributed by atoms with Crippen LogP contribution in [0.4, 0.5) is 8.78 Å². The lowest BCUT2D eigenvalue weighted by Crippen LogP contribution is -2.51. The third-order valence-corrected chi connectivity index (χ3v) is 5.97. The quantitative estimate of drug-likeness (QED) is 0.397. The summed E-state index contributed by atoms with van der Waals surface area (Å²) in [6, 6.07) is 18.5. The molecule has 0 aliphatic carbocycles. The van der Waals surface area contributed by atoms with Gasteiger partial charge in [-0.2, -0.15) is 0 Å². The number of nitrogens with zero attached hydrogens (tertiary/aromatic N) is 1. The average molecular weight is 499 g/mol. The monoisotopic (exact) mass is 498 g/mol. The number of halogens is 3. The van der Waals surface area contributed by atoms with E-state index in [0.29, 0.717) is 12.1 Å². The highest BCUT2D eigenvalue weighted by molar-refractivity contribution is 6.31. The second-order valence-electron chi connectivity index (χ2n) is 8.87. The number of benzene rings is 3. The first-order valence-corrected chi connectivity index (χ1v) is 11.9. The molecule has 3 aromatic rings. The maximum absolute atomic E-state index is 14.5. The van der Waals surface area contributed by atoms with Crippen LogP contribution in [0.15, 0.2) is 72.8 Å². The number of hydrogen-bond donors (Lipinski definition) is 1. The zero-order chi connectivity index (χ0) is 25.4. The summed E-state index contributed by atoms with van der Waals surface area (Å²) in [5.74, 6) is -1.54. The highest BCUT2D eigenvalue weighted by Gasteiger charge is 2.31. The van der Waals surface area contributed by atoms with Crippen molar-refractivity contribution < 1.29 is 18.4 Å². The van der Waals surface area contributed by atoms with Gasteiger partial charge in [-0.3, -0.25) is 9.59 Å². The molecule has 0 aliphatic rings. The summed E-state index contributed by atoms with van der Waals surface area (Å²) in [7, 11) is 0. The van der Waals surface area contributed by atoms with Gasteiger partial charge in [0.2, 0.25) is 11.8 Å². The second kappa shape index (κ2) is 12.5. The molecule has 0 spiro atoms. The van der Waals surface area contributed by atoms with Gasteiger partial charge in [0.05, 0.1) is 6.42 Å². The molecule has 1 N–H and O–H groups in total. The SMILES string of the molecule is CC(C)CNC(=O)[C@H](Cc1ccccc1)N(Cc1ccc(F)cc1)C(=O)Cc1c(F)cccc1Cl. The van der Waals surface area contributed by atoms with Crippen LogP contribution in [0.5, 0.6) is 0 Å². The van der Waals surface area contributed by atoms with E-state index in [1.807, 2.05) is 44.2 Å². The third-order valence-electron chi connectivity index (χ3n) is 5.61. The summed E-state index contributed by atoms with van der Waals surface area (Å²) < 4.78 is 28.0. The maximum Gasteiger partial charge on any atom is 0.243 e. The van der Waals surface area contributed by atoms with Crippen molar-refractivity contribution in [3.8, 4) is 0 Å². The van der Waals surface area contributed by atoms with Crippen molar-refractivity contribution >= 4 is 23.4 Å². The van der Waals surface area contributed by atoms with Crippen LogP contribution in [0.1, 0.15) is 30.5 Å². The Morgan fingerprint density at radius 2 is 1.60 bits per heavy atom. The number of nitrogens with one attached hydrogen (secondary N) is 1. The van der Waals surface area contributed by atoms with E-state index in [9.17, 15) is 18.4 Å². The zero-order valence-electron chi connectivity index (χ0n) is 19.8. The van der Waals surface area contributed by atoms with Crippen molar-refractivity contribution in [3.63, 3.8) is 0 Å². The Hall–Kier alpha value is -3.25. The number of rotatable bonds is 10. The first-order valence-electron chi connectivity index (χ1n) is 11.5. The van der Waals surface area contributed by atoms with E-state index in [2.05, 4.69) is 5.32 Å². The van der Waals surface area contributed by atoms with Gasteiger partial charge in [0.25, 0.3) is 0 Å². The van der Waals surface area contributed by atoms with E-state index in [1.165, 1.54) is 35.2 Å². The fourth-order valence-corrected chi connectivity index (χ4v) is 3.95. The van der Waals surface area contributed by atoms with Crippen LogP contribution in [0, 0.1) is 17.6 Å².